The Labute approximate surface area is 119 Å². The van der Waals surface area contributed by atoms with Crippen LogP contribution in [-0.4, -0.2) is 30.2 Å². The van der Waals surface area contributed by atoms with E-state index in [1.807, 2.05) is 12.1 Å². The Morgan fingerprint density at radius 1 is 1.35 bits per heavy atom. The minimum absolute atomic E-state index is 0.433. The van der Waals surface area contributed by atoms with Gasteiger partial charge in [0.05, 0.1) is 11.1 Å². The number of aromatic nitrogens is 1. The van der Waals surface area contributed by atoms with Crippen molar-refractivity contribution in [2.45, 2.75) is 25.9 Å². The lowest BCUT2D eigenvalue weighted by molar-refractivity contribution is 0.426. The molecular weight excluding hydrogens is 248 g/mol. The van der Waals surface area contributed by atoms with Gasteiger partial charge in [0.15, 0.2) is 0 Å². The van der Waals surface area contributed by atoms with E-state index in [-0.39, 0.29) is 0 Å². The second-order valence-electron chi connectivity index (χ2n) is 5.45. The minimum Gasteiger partial charge on any atom is -0.365 e. The number of hydrogen-bond acceptors (Lipinski definition) is 4. The highest BCUT2D eigenvalue weighted by molar-refractivity contribution is 5.95. The van der Waals surface area contributed by atoms with Gasteiger partial charge in [-0.15, -0.1) is 0 Å². The van der Waals surface area contributed by atoms with E-state index in [0.29, 0.717) is 17.6 Å². The van der Waals surface area contributed by atoms with Crippen LogP contribution in [0.3, 0.4) is 0 Å². The van der Waals surface area contributed by atoms with Crippen molar-refractivity contribution in [3.8, 4) is 6.07 Å². The second-order valence-corrected chi connectivity index (χ2v) is 5.45. The molecule has 4 nitrogen and oxygen atoms in total. The first-order valence-electron chi connectivity index (χ1n) is 6.98. The highest BCUT2D eigenvalue weighted by Crippen LogP contribution is 2.30. The van der Waals surface area contributed by atoms with E-state index in [0.717, 1.165) is 24.0 Å². The second kappa shape index (κ2) is 5.10. The van der Waals surface area contributed by atoms with E-state index in [9.17, 15) is 5.26 Å². The normalized spacial score (nSPS) is 22.8. The van der Waals surface area contributed by atoms with Crippen molar-refractivity contribution < 1.29 is 0 Å². The van der Waals surface area contributed by atoms with Gasteiger partial charge in [-0.25, -0.2) is 0 Å². The van der Waals surface area contributed by atoms with E-state index in [1.54, 1.807) is 6.20 Å². The summed E-state index contributed by atoms with van der Waals surface area (Å²) in [7, 11) is 0. The summed E-state index contributed by atoms with van der Waals surface area (Å²) in [5, 5.41) is 13.8. The van der Waals surface area contributed by atoms with Crippen molar-refractivity contribution >= 4 is 16.6 Å². The third kappa shape index (κ3) is 2.10. The van der Waals surface area contributed by atoms with Crippen molar-refractivity contribution in [1.82, 2.24) is 10.3 Å². The third-order valence-corrected chi connectivity index (χ3v) is 3.94. The summed E-state index contributed by atoms with van der Waals surface area (Å²) in [6.45, 7) is 6.36. The molecule has 1 aromatic heterocycles. The van der Waals surface area contributed by atoms with E-state index in [2.05, 4.69) is 47.3 Å². The van der Waals surface area contributed by atoms with Crippen LogP contribution >= 0.6 is 0 Å². The van der Waals surface area contributed by atoms with Crippen LogP contribution < -0.4 is 10.2 Å². The lowest BCUT2D eigenvalue weighted by Gasteiger charge is -2.39. The Kier molecular flexibility index (Phi) is 3.29. The summed E-state index contributed by atoms with van der Waals surface area (Å²) < 4.78 is 0. The number of fused-ring (bicyclic) bond motifs is 1. The van der Waals surface area contributed by atoms with Gasteiger partial charge < -0.3 is 10.2 Å². The van der Waals surface area contributed by atoms with Gasteiger partial charge in [-0.2, -0.15) is 5.26 Å². The molecule has 2 atom stereocenters. The van der Waals surface area contributed by atoms with Crippen molar-refractivity contribution in [2.75, 3.05) is 18.0 Å². The molecule has 1 aromatic carbocycles. The summed E-state index contributed by atoms with van der Waals surface area (Å²) in [6.07, 6.45) is 1.75. The van der Waals surface area contributed by atoms with Gasteiger partial charge in [-0.05, 0) is 38.1 Å². The molecule has 20 heavy (non-hydrogen) atoms. The van der Waals surface area contributed by atoms with Crippen LogP contribution in [0.4, 0.5) is 5.69 Å². The summed E-state index contributed by atoms with van der Waals surface area (Å²) in [4.78, 5) is 6.80. The van der Waals surface area contributed by atoms with Crippen LogP contribution in [0, 0.1) is 11.3 Å². The molecule has 0 amide bonds. The molecule has 0 spiro atoms. The topological polar surface area (TPSA) is 52.0 Å². The highest BCUT2D eigenvalue weighted by atomic mass is 15.2. The first-order valence-corrected chi connectivity index (χ1v) is 6.98. The molecule has 3 rings (SSSR count). The number of rotatable bonds is 1. The average molecular weight is 266 g/mol. The number of nitrogens with zero attached hydrogens (tertiary/aromatic N) is 3. The summed E-state index contributed by atoms with van der Waals surface area (Å²) in [5.74, 6) is 0. The van der Waals surface area contributed by atoms with Crippen LogP contribution in [0.2, 0.25) is 0 Å². The largest absolute Gasteiger partial charge is 0.365 e. The molecule has 2 heterocycles. The smallest absolute Gasteiger partial charge is 0.101 e. The maximum absolute atomic E-state index is 9.22. The van der Waals surface area contributed by atoms with Crippen molar-refractivity contribution in [3.63, 3.8) is 0 Å². The maximum Gasteiger partial charge on any atom is 0.101 e. The predicted octanol–water partition coefficient (Wildman–Crippen LogP) is 2.29. The minimum atomic E-state index is 0.433. The molecule has 4 heteroatoms. The molecular formula is C16H18N4. The fourth-order valence-corrected chi connectivity index (χ4v) is 2.86. The quantitative estimate of drug-likeness (QED) is 0.860. The Hall–Kier alpha value is -2.12. The van der Waals surface area contributed by atoms with Gasteiger partial charge in [-0.1, -0.05) is 0 Å². The summed E-state index contributed by atoms with van der Waals surface area (Å²) in [6, 6.07) is 11.0. The maximum atomic E-state index is 9.22. The zero-order valence-electron chi connectivity index (χ0n) is 11.8. The fourth-order valence-electron chi connectivity index (χ4n) is 2.86. The van der Waals surface area contributed by atoms with E-state index < -0.39 is 0 Å². The van der Waals surface area contributed by atoms with Crippen molar-refractivity contribution in [2.24, 2.45) is 0 Å². The first kappa shape index (κ1) is 12.9. The van der Waals surface area contributed by atoms with Crippen LogP contribution in [0.25, 0.3) is 10.9 Å². The Morgan fingerprint density at radius 3 is 3.00 bits per heavy atom. The van der Waals surface area contributed by atoms with Crippen LogP contribution in [0.15, 0.2) is 30.5 Å². The van der Waals surface area contributed by atoms with Gasteiger partial charge in [0.1, 0.15) is 6.07 Å². The molecule has 1 fully saturated rings. The molecule has 1 aliphatic heterocycles. The van der Waals surface area contributed by atoms with Gasteiger partial charge in [-0.3, -0.25) is 4.98 Å². The summed E-state index contributed by atoms with van der Waals surface area (Å²) in [5.41, 5.74) is 2.61. The number of piperazine rings is 1. The van der Waals surface area contributed by atoms with E-state index in [1.165, 1.54) is 5.69 Å². The Balaban J connectivity index is 2.15. The molecule has 1 saturated heterocycles. The number of nitrogens with one attached hydrogen (secondary N) is 1. The number of benzene rings is 1. The lowest BCUT2D eigenvalue weighted by Crippen LogP contribution is -2.54. The molecule has 0 radical (unpaired) electrons. The lowest BCUT2D eigenvalue weighted by atomic mass is 10.0. The molecule has 1 N–H and O–H groups in total. The van der Waals surface area contributed by atoms with E-state index >= 15 is 0 Å². The SMILES string of the molecule is CC1CN[C@H](C)CN1c1ccc(C#N)c2ncccc12. The average Bonchev–Trinajstić information content (AvgIpc) is 2.49. The molecule has 0 bridgehead atoms. The predicted molar refractivity (Wildman–Crippen MR) is 80.7 cm³/mol. The Morgan fingerprint density at radius 2 is 2.20 bits per heavy atom. The molecule has 1 unspecified atom stereocenters. The molecule has 1 aliphatic rings. The van der Waals surface area contributed by atoms with Gasteiger partial charge in [0.2, 0.25) is 0 Å². The van der Waals surface area contributed by atoms with Gasteiger partial charge in [0.25, 0.3) is 0 Å². The van der Waals surface area contributed by atoms with Crippen molar-refractivity contribution in [3.05, 3.63) is 36.0 Å². The zero-order chi connectivity index (χ0) is 14.1. The fraction of sp³-hybridized carbons (Fsp3) is 0.375. The number of hydrogen-bond donors (Lipinski definition) is 1. The standard InChI is InChI=1S/C16H18N4/c1-11-10-20(12(2)9-19-11)15-6-5-13(8-17)16-14(15)4-3-7-18-16/h3-7,11-12,19H,9-10H2,1-2H3/t11-,12?/m1/s1. The molecule has 2 aromatic rings. The van der Waals surface area contributed by atoms with Gasteiger partial charge in [0, 0.05) is 42.4 Å². The number of anilines is 1. The first-order chi connectivity index (χ1) is 9.70. The van der Waals surface area contributed by atoms with Crippen LogP contribution in [0.5, 0.6) is 0 Å². The highest BCUT2D eigenvalue weighted by Gasteiger charge is 2.24. The number of pyridine rings is 1. The number of nitriles is 1. The monoisotopic (exact) mass is 266 g/mol. The van der Waals surface area contributed by atoms with Crippen LogP contribution in [0.1, 0.15) is 19.4 Å². The molecule has 102 valence electrons. The summed E-state index contributed by atoms with van der Waals surface area (Å²) >= 11 is 0. The molecule has 0 aliphatic carbocycles. The van der Waals surface area contributed by atoms with Crippen LogP contribution in [-0.2, 0) is 0 Å². The Bertz CT molecular complexity index is 674. The van der Waals surface area contributed by atoms with Crippen molar-refractivity contribution in [1.29, 1.82) is 5.26 Å². The van der Waals surface area contributed by atoms with E-state index in [4.69, 9.17) is 0 Å². The molecule has 0 saturated carbocycles. The zero-order valence-corrected chi connectivity index (χ0v) is 11.8. The third-order valence-electron chi connectivity index (χ3n) is 3.94. The van der Waals surface area contributed by atoms with Gasteiger partial charge >= 0.3 is 0 Å².